The zero-order chi connectivity index (χ0) is 20.9. The third-order valence-corrected chi connectivity index (χ3v) is 6.24. The van der Waals surface area contributed by atoms with Crippen LogP contribution >= 0.6 is 11.3 Å². The van der Waals surface area contributed by atoms with Crippen molar-refractivity contribution in [1.82, 2.24) is 14.9 Å². The summed E-state index contributed by atoms with van der Waals surface area (Å²) in [5.74, 6) is 0.120. The Morgan fingerprint density at radius 1 is 1.27 bits per heavy atom. The lowest BCUT2D eigenvalue weighted by Crippen LogP contribution is -2.46. The minimum atomic E-state index is 0.0179. The Hall–Kier alpha value is -2.64. The summed E-state index contributed by atoms with van der Waals surface area (Å²) in [6.07, 6.45) is 3.94. The number of benzene rings is 2. The average molecular weight is 420 g/mol. The summed E-state index contributed by atoms with van der Waals surface area (Å²) in [6, 6.07) is 17.6. The summed E-state index contributed by atoms with van der Waals surface area (Å²) >= 11 is 1.69. The number of hydrogen-bond donors (Lipinski definition) is 0. The van der Waals surface area contributed by atoms with E-state index in [4.69, 9.17) is 9.82 Å². The Morgan fingerprint density at radius 2 is 2.03 bits per heavy atom. The molecule has 0 N–H and O–H groups in total. The molecule has 0 fully saturated rings. The number of aromatic nitrogens is 1. The van der Waals surface area contributed by atoms with Gasteiger partial charge in [0.15, 0.2) is 5.78 Å². The van der Waals surface area contributed by atoms with E-state index in [9.17, 15) is 4.79 Å². The Kier molecular flexibility index (Phi) is 6.50. The molecule has 1 unspecified atom stereocenters. The molecule has 1 aromatic heterocycles. The van der Waals surface area contributed by atoms with Gasteiger partial charge in [0.05, 0.1) is 29.4 Å². The lowest BCUT2D eigenvalue weighted by molar-refractivity contribution is -0.150. The molecule has 1 atom stereocenters. The number of carbonyl (C=O) groups excluding carboxylic acids is 1. The first-order chi connectivity index (χ1) is 14.6. The van der Waals surface area contributed by atoms with E-state index in [2.05, 4.69) is 23.6 Å². The van der Waals surface area contributed by atoms with Crippen molar-refractivity contribution in [2.24, 2.45) is 0 Å². The van der Waals surface area contributed by atoms with Crippen molar-refractivity contribution in [3.8, 4) is 0 Å². The highest BCUT2D eigenvalue weighted by Crippen LogP contribution is 2.30. The molecule has 2 heterocycles. The zero-order valence-electron chi connectivity index (χ0n) is 17.0. The number of hydroxylamine groups is 2. The molecular formula is C24H25N3O2S. The summed E-state index contributed by atoms with van der Waals surface area (Å²) < 4.78 is 1.17. The lowest BCUT2D eigenvalue weighted by atomic mass is 10.0. The molecule has 1 aliphatic heterocycles. The number of fused-ring (bicyclic) bond motifs is 1. The highest BCUT2D eigenvalue weighted by atomic mass is 32.1. The first-order valence-corrected chi connectivity index (χ1v) is 10.8. The van der Waals surface area contributed by atoms with Crippen LogP contribution in [0.1, 0.15) is 15.4 Å². The number of para-hydroxylation sites is 1. The van der Waals surface area contributed by atoms with Crippen LogP contribution in [-0.2, 0) is 4.84 Å². The summed E-state index contributed by atoms with van der Waals surface area (Å²) in [5.41, 5.74) is 2.87. The SMILES string of the molecule is C=CCON(C)C1C=C(c2nc3ccccc3s2)CN(CC(=O)c2ccccc2)C1. The van der Waals surface area contributed by atoms with E-state index in [-0.39, 0.29) is 11.8 Å². The molecule has 0 saturated carbocycles. The minimum absolute atomic E-state index is 0.0179. The second kappa shape index (κ2) is 9.45. The highest BCUT2D eigenvalue weighted by Gasteiger charge is 2.27. The van der Waals surface area contributed by atoms with Crippen molar-refractivity contribution in [2.75, 3.05) is 33.3 Å². The van der Waals surface area contributed by atoms with Gasteiger partial charge in [-0.15, -0.1) is 17.9 Å². The predicted molar refractivity (Wildman–Crippen MR) is 123 cm³/mol. The summed E-state index contributed by atoms with van der Waals surface area (Å²) in [6.45, 7) is 5.92. The fourth-order valence-corrected chi connectivity index (χ4v) is 4.56. The molecule has 0 spiro atoms. The molecule has 1 aliphatic rings. The van der Waals surface area contributed by atoms with Crippen LogP contribution in [0.5, 0.6) is 0 Å². The second-order valence-corrected chi connectivity index (χ2v) is 8.37. The Morgan fingerprint density at radius 3 is 2.80 bits per heavy atom. The van der Waals surface area contributed by atoms with Gasteiger partial charge < -0.3 is 0 Å². The molecule has 5 nitrogen and oxygen atoms in total. The average Bonchev–Trinajstić information content (AvgIpc) is 3.22. The van der Waals surface area contributed by atoms with Gasteiger partial charge in [0.25, 0.3) is 0 Å². The van der Waals surface area contributed by atoms with Gasteiger partial charge in [-0.1, -0.05) is 54.6 Å². The number of likely N-dealkylation sites (N-methyl/N-ethyl adjacent to an activating group) is 1. The Balaban J connectivity index is 1.59. The molecule has 0 saturated heterocycles. The van der Waals surface area contributed by atoms with Crippen molar-refractivity contribution < 1.29 is 9.63 Å². The molecular weight excluding hydrogens is 394 g/mol. The molecule has 0 amide bonds. The Labute approximate surface area is 180 Å². The summed E-state index contributed by atoms with van der Waals surface area (Å²) in [4.78, 5) is 25.6. The maximum absolute atomic E-state index is 12.8. The topological polar surface area (TPSA) is 45.7 Å². The fourth-order valence-electron chi connectivity index (χ4n) is 3.58. The van der Waals surface area contributed by atoms with Crippen LogP contribution in [-0.4, -0.2) is 60.1 Å². The second-order valence-electron chi connectivity index (χ2n) is 7.34. The lowest BCUT2D eigenvalue weighted by Gasteiger charge is -2.35. The third kappa shape index (κ3) is 4.74. The van der Waals surface area contributed by atoms with Crippen LogP contribution in [0, 0.1) is 0 Å². The van der Waals surface area contributed by atoms with Crippen molar-refractivity contribution in [3.05, 3.63) is 83.9 Å². The van der Waals surface area contributed by atoms with Gasteiger partial charge in [0, 0.05) is 25.7 Å². The van der Waals surface area contributed by atoms with Gasteiger partial charge in [-0.3, -0.25) is 14.5 Å². The molecule has 0 radical (unpaired) electrons. The smallest absolute Gasteiger partial charge is 0.176 e. The summed E-state index contributed by atoms with van der Waals surface area (Å²) in [5, 5.41) is 2.84. The van der Waals surface area contributed by atoms with Crippen molar-refractivity contribution in [3.63, 3.8) is 0 Å². The normalized spacial score (nSPS) is 17.3. The van der Waals surface area contributed by atoms with Gasteiger partial charge in [-0.2, -0.15) is 5.06 Å². The van der Waals surface area contributed by atoms with E-state index in [1.807, 2.05) is 60.6 Å². The monoisotopic (exact) mass is 419 g/mol. The van der Waals surface area contributed by atoms with Crippen LogP contribution < -0.4 is 0 Å². The largest absolute Gasteiger partial charge is 0.295 e. The summed E-state index contributed by atoms with van der Waals surface area (Å²) in [7, 11) is 1.92. The Bertz CT molecular complexity index is 1030. The molecule has 0 bridgehead atoms. The minimum Gasteiger partial charge on any atom is -0.295 e. The third-order valence-electron chi connectivity index (χ3n) is 5.13. The quantitative estimate of drug-likeness (QED) is 0.310. The fraction of sp³-hybridized carbons (Fsp3) is 0.250. The maximum atomic E-state index is 12.8. The molecule has 3 aromatic rings. The predicted octanol–water partition coefficient (Wildman–Crippen LogP) is 4.30. The number of thiazole rings is 1. The van der Waals surface area contributed by atoms with Crippen LogP contribution in [0.15, 0.2) is 73.3 Å². The first kappa shape index (κ1) is 20.6. The highest BCUT2D eigenvalue weighted by molar-refractivity contribution is 7.19. The zero-order valence-corrected chi connectivity index (χ0v) is 17.8. The van der Waals surface area contributed by atoms with Gasteiger partial charge in [0.1, 0.15) is 5.01 Å². The maximum Gasteiger partial charge on any atom is 0.176 e. The number of rotatable bonds is 8. The molecule has 0 aliphatic carbocycles. The number of nitrogens with zero attached hydrogens (tertiary/aromatic N) is 3. The van der Waals surface area contributed by atoms with Crippen LogP contribution in [0.2, 0.25) is 0 Å². The number of hydrogen-bond acceptors (Lipinski definition) is 6. The van der Waals surface area contributed by atoms with Crippen molar-refractivity contribution in [2.45, 2.75) is 6.04 Å². The van der Waals surface area contributed by atoms with Gasteiger partial charge >= 0.3 is 0 Å². The standard InChI is InChI=1S/C24H25N3O2S/c1-3-13-29-26(2)20-14-19(24-25-21-11-7-8-12-23(21)30-24)15-27(16-20)17-22(28)18-9-5-4-6-10-18/h3-12,14,20H,1,13,15-17H2,2H3. The van der Waals surface area contributed by atoms with Crippen molar-refractivity contribution in [1.29, 1.82) is 0 Å². The van der Waals surface area contributed by atoms with E-state index in [0.717, 1.165) is 21.7 Å². The molecule has 6 heteroatoms. The number of ketones is 1. The van der Waals surface area contributed by atoms with E-state index < -0.39 is 0 Å². The van der Waals surface area contributed by atoms with Crippen LogP contribution in [0.3, 0.4) is 0 Å². The van der Waals surface area contributed by atoms with Gasteiger partial charge in [0.2, 0.25) is 0 Å². The number of carbonyl (C=O) groups is 1. The van der Waals surface area contributed by atoms with Gasteiger partial charge in [-0.25, -0.2) is 4.98 Å². The van der Waals surface area contributed by atoms with E-state index in [1.165, 1.54) is 4.70 Å². The first-order valence-electron chi connectivity index (χ1n) is 9.98. The van der Waals surface area contributed by atoms with E-state index >= 15 is 0 Å². The van der Waals surface area contributed by atoms with Gasteiger partial charge in [-0.05, 0) is 17.7 Å². The van der Waals surface area contributed by atoms with Crippen LogP contribution in [0.4, 0.5) is 0 Å². The van der Waals surface area contributed by atoms with E-state index in [0.29, 0.717) is 26.2 Å². The van der Waals surface area contributed by atoms with Crippen LogP contribution in [0.25, 0.3) is 15.8 Å². The van der Waals surface area contributed by atoms with Crippen molar-refractivity contribution >= 4 is 32.9 Å². The molecule has 154 valence electrons. The molecule has 4 rings (SSSR count). The molecule has 2 aromatic carbocycles. The number of Topliss-reactive ketones (excluding diaryl/α,β-unsaturated/α-hetero) is 1. The molecule has 30 heavy (non-hydrogen) atoms. The van der Waals surface area contributed by atoms with E-state index in [1.54, 1.807) is 17.4 Å².